The van der Waals surface area contributed by atoms with Crippen LogP contribution >= 0.6 is 0 Å². The average Bonchev–Trinajstić information content (AvgIpc) is 3.19. The minimum absolute atomic E-state index is 0.0545. The third-order valence-electron chi connectivity index (χ3n) is 4.42. The van der Waals surface area contributed by atoms with Crippen molar-refractivity contribution < 1.29 is 18.0 Å². The fourth-order valence-electron chi connectivity index (χ4n) is 2.99. The van der Waals surface area contributed by atoms with Crippen molar-refractivity contribution in [2.45, 2.75) is 25.8 Å². The molecule has 2 amide bonds. The molecule has 152 valence electrons. The lowest BCUT2D eigenvalue weighted by Gasteiger charge is -2.20. The molecule has 3 rings (SSSR count). The summed E-state index contributed by atoms with van der Waals surface area (Å²) in [5, 5.41) is 6.91. The van der Waals surface area contributed by atoms with Crippen LogP contribution in [0.25, 0.3) is 0 Å². The Balaban J connectivity index is 1.58. The number of hydrogen-bond donors (Lipinski definition) is 1. The molecule has 0 aliphatic carbocycles. The molecular formula is C21H21F3N4O. The molecule has 0 unspecified atom stereocenters. The van der Waals surface area contributed by atoms with Gasteiger partial charge in [0.1, 0.15) is 0 Å². The van der Waals surface area contributed by atoms with E-state index in [1.807, 2.05) is 36.5 Å². The molecule has 0 aliphatic rings. The molecule has 3 aromatic rings. The highest BCUT2D eigenvalue weighted by Crippen LogP contribution is 2.32. The highest BCUT2D eigenvalue weighted by Gasteiger charge is 2.33. The fraction of sp³-hybridized carbons (Fsp3) is 0.238. The summed E-state index contributed by atoms with van der Waals surface area (Å²) < 4.78 is 41.1. The van der Waals surface area contributed by atoms with E-state index in [1.165, 1.54) is 30.1 Å². The number of nitrogens with zero attached hydrogens (tertiary/aromatic N) is 3. The standard InChI is InChI=1S/C21H21F3N4O/c1-27(15-18-8-2-3-9-19(18)21(22,23)24)20(29)25-13-16-6-4-7-17(12-16)14-28-11-5-10-26-28/h2-12H,13-15H2,1H3,(H,25,29). The number of carbonyl (C=O) groups is 1. The van der Waals surface area contributed by atoms with E-state index in [0.717, 1.165) is 17.2 Å². The Morgan fingerprint density at radius 3 is 2.59 bits per heavy atom. The second-order valence-electron chi connectivity index (χ2n) is 6.69. The Morgan fingerprint density at radius 1 is 1.10 bits per heavy atom. The molecule has 29 heavy (non-hydrogen) atoms. The van der Waals surface area contributed by atoms with Gasteiger partial charge in [0.25, 0.3) is 0 Å². The fourth-order valence-corrected chi connectivity index (χ4v) is 2.99. The third kappa shape index (κ3) is 5.60. The van der Waals surface area contributed by atoms with Gasteiger partial charge in [0, 0.05) is 32.5 Å². The molecule has 0 radical (unpaired) electrons. The van der Waals surface area contributed by atoms with Gasteiger partial charge in [0.2, 0.25) is 0 Å². The van der Waals surface area contributed by atoms with E-state index in [0.29, 0.717) is 6.54 Å². The van der Waals surface area contributed by atoms with E-state index >= 15 is 0 Å². The van der Waals surface area contributed by atoms with Crippen molar-refractivity contribution in [1.82, 2.24) is 20.0 Å². The van der Waals surface area contributed by atoms with Gasteiger partial charge in [-0.3, -0.25) is 4.68 Å². The van der Waals surface area contributed by atoms with Gasteiger partial charge in [-0.05, 0) is 28.8 Å². The summed E-state index contributed by atoms with van der Waals surface area (Å²) in [4.78, 5) is 13.6. The summed E-state index contributed by atoms with van der Waals surface area (Å²) >= 11 is 0. The summed E-state index contributed by atoms with van der Waals surface area (Å²) in [6, 6.07) is 14.4. The van der Waals surface area contributed by atoms with E-state index in [1.54, 1.807) is 10.9 Å². The van der Waals surface area contributed by atoms with Crippen LogP contribution in [0.15, 0.2) is 67.0 Å². The Hall–Kier alpha value is -3.29. The molecule has 8 heteroatoms. The summed E-state index contributed by atoms with van der Waals surface area (Å²) in [6.45, 7) is 0.751. The number of halogens is 3. The first-order valence-electron chi connectivity index (χ1n) is 9.02. The molecule has 1 aromatic heterocycles. The van der Waals surface area contributed by atoms with E-state index in [-0.39, 0.29) is 18.7 Å². The van der Waals surface area contributed by atoms with E-state index in [9.17, 15) is 18.0 Å². The summed E-state index contributed by atoms with van der Waals surface area (Å²) in [5.41, 5.74) is 1.25. The lowest BCUT2D eigenvalue weighted by Crippen LogP contribution is -2.36. The summed E-state index contributed by atoms with van der Waals surface area (Å²) in [6.07, 6.45) is -0.887. The van der Waals surface area contributed by atoms with Crippen molar-refractivity contribution in [2.24, 2.45) is 0 Å². The molecule has 0 aliphatic heterocycles. The van der Waals surface area contributed by atoms with Gasteiger partial charge in [-0.1, -0.05) is 42.5 Å². The van der Waals surface area contributed by atoms with Gasteiger partial charge in [-0.2, -0.15) is 18.3 Å². The summed E-state index contributed by atoms with van der Waals surface area (Å²) in [5.74, 6) is 0. The van der Waals surface area contributed by atoms with Crippen LogP contribution in [0.4, 0.5) is 18.0 Å². The van der Waals surface area contributed by atoms with Gasteiger partial charge in [-0.15, -0.1) is 0 Å². The molecule has 0 bridgehead atoms. The van der Waals surface area contributed by atoms with Crippen molar-refractivity contribution in [2.75, 3.05) is 7.05 Å². The predicted octanol–water partition coefficient (Wildman–Crippen LogP) is 4.29. The Labute approximate surface area is 166 Å². The van der Waals surface area contributed by atoms with Crippen LogP contribution in [-0.2, 0) is 25.8 Å². The van der Waals surface area contributed by atoms with Crippen molar-refractivity contribution in [3.8, 4) is 0 Å². The lowest BCUT2D eigenvalue weighted by molar-refractivity contribution is -0.138. The van der Waals surface area contributed by atoms with Crippen molar-refractivity contribution in [1.29, 1.82) is 0 Å². The Kier molecular flexibility index (Phi) is 6.21. The van der Waals surface area contributed by atoms with E-state index < -0.39 is 17.8 Å². The highest BCUT2D eigenvalue weighted by atomic mass is 19.4. The zero-order valence-corrected chi connectivity index (χ0v) is 15.9. The van der Waals surface area contributed by atoms with Crippen LogP contribution in [0.3, 0.4) is 0 Å². The first-order chi connectivity index (χ1) is 13.8. The average molecular weight is 402 g/mol. The molecular weight excluding hydrogens is 381 g/mol. The van der Waals surface area contributed by atoms with Crippen LogP contribution in [0.5, 0.6) is 0 Å². The minimum Gasteiger partial charge on any atom is -0.334 e. The van der Waals surface area contributed by atoms with Crippen LogP contribution in [0, 0.1) is 0 Å². The molecule has 0 saturated heterocycles. The lowest BCUT2D eigenvalue weighted by atomic mass is 10.1. The normalized spacial score (nSPS) is 11.3. The topological polar surface area (TPSA) is 50.2 Å². The maximum Gasteiger partial charge on any atom is 0.416 e. The smallest absolute Gasteiger partial charge is 0.334 e. The van der Waals surface area contributed by atoms with Crippen LogP contribution in [0.2, 0.25) is 0 Å². The van der Waals surface area contributed by atoms with Gasteiger partial charge in [-0.25, -0.2) is 4.79 Å². The Morgan fingerprint density at radius 2 is 1.86 bits per heavy atom. The molecule has 1 N–H and O–H groups in total. The highest BCUT2D eigenvalue weighted by molar-refractivity contribution is 5.73. The number of urea groups is 1. The number of hydrogen-bond acceptors (Lipinski definition) is 2. The second-order valence-corrected chi connectivity index (χ2v) is 6.69. The largest absolute Gasteiger partial charge is 0.416 e. The van der Waals surface area contributed by atoms with Crippen molar-refractivity contribution in [3.05, 3.63) is 89.2 Å². The van der Waals surface area contributed by atoms with Crippen LogP contribution < -0.4 is 5.32 Å². The number of nitrogens with one attached hydrogen (secondary N) is 1. The first kappa shape index (κ1) is 20.4. The quantitative estimate of drug-likeness (QED) is 0.669. The zero-order valence-electron chi connectivity index (χ0n) is 15.9. The molecule has 2 aromatic carbocycles. The first-order valence-corrected chi connectivity index (χ1v) is 9.02. The number of alkyl halides is 3. The number of carbonyl (C=O) groups excluding carboxylic acids is 1. The van der Waals surface area contributed by atoms with Gasteiger partial charge >= 0.3 is 12.2 Å². The molecule has 0 spiro atoms. The number of rotatable bonds is 6. The molecule has 1 heterocycles. The molecule has 0 saturated carbocycles. The van der Waals surface area contributed by atoms with Gasteiger partial charge in [0.15, 0.2) is 0 Å². The van der Waals surface area contributed by atoms with Crippen LogP contribution in [-0.4, -0.2) is 27.8 Å². The van der Waals surface area contributed by atoms with Gasteiger partial charge < -0.3 is 10.2 Å². The molecule has 0 fully saturated rings. The van der Waals surface area contributed by atoms with E-state index in [2.05, 4.69) is 10.4 Å². The second kappa shape index (κ2) is 8.81. The maximum atomic E-state index is 13.1. The van der Waals surface area contributed by atoms with Gasteiger partial charge in [0.05, 0.1) is 12.1 Å². The van der Waals surface area contributed by atoms with Crippen molar-refractivity contribution >= 4 is 6.03 Å². The molecule has 0 atom stereocenters. The monoisotopic (exact) mass is 402 g/mol. The number of aromatic nitrogens is 2. The predicted molar refractivity (Wildman–Crippen MR) is 103 cm³/mol. The third-order valence-corrected chi connectivity index (χ3v) is 4.42. The number of benzene rings is 2. The van der Waals surface area contributed by atoms with E-state index in [4.69, 9.17) is 0 Å². The van der Waals surface area contributed by atoms with Crippen molar-refractivity contribution in [3.63, 3.8) is 0 Å². The Bertz CT molecular complexity index is 955. The summed E-state index contributed by atoms with van der Waals surface area (Å²) in [7, 11) is 1.47. The maximum absolute atomic E-state index is 13.1. The van der Waals surface area contributed by atoms with Crippen LogP contribution in [0.1, 0.15) is 22.3 Å². The minimum atomic E-state index is -4.46. The molecule has 5 nitrogen and oxygen atoms in total. The zero-order chi connectivity index (χ0) is 20.9. The SMILES string of the molecule is CN(Cc1ccccc1C(F)(F)F)C(=O)NCc1cccc(Cn2cccn2)c1. The number of amides is 2.